The second kappa shape index (κ2) is 10.6. The highest BCUT2D eigenvalue weighted by Gasteiger charge is 2.40. The van der Waals surface area contributed by atoms with Gasteiger partial charge in [-0.05, 0) is 55.2 Å². The minimum absolute atomic E-state index is 0.116. The largest absolute Gasteiger partial charge is 0.364 e. The summed E-state index contributed by atoms with van der Waals surface area (Å²) in [5.74, 6) is -5.29. The van der Waals surface area contributed by atoms with Crippen molar-refractivity contribution in [2.75, 3.05) is 0 Å². The van der Waals surface area contributed by atoms with Crippen molar-refractivity contribution in [3.63, 3.8) is 0 Å². The van der Waals surface area contributed by atoms with Crippen LogP contribution in [0.2, 0.25) is 0 Å². The van der Waals surface area contributed by atoms with Crippen LogP contribution in [0, 0.1) is 11.8 Å². The van der Waals surface area contributed by atoms with Crippen molar-refractivity contribution in [2.45, 2.75) is 75.7 Å². The Hall–Kier alpha value is -3.51. The number of rotatable bonds is 10. The first-order valence-corrected chi connectivity index (χ1v) is 12.9. The van der Waals surface area contributed by atoms with Crippen LogP contribution in [0.4, 0.5) is 17.6 Å². The third-order valence-electron chi connectivity index (χ3n) is 7.57. The molecule has 2 aliphatic rings. The van der Waals surface area contributed by atoms with Crippen LogP contribution < -0.4 is 11.1 Å². The lowest BCUT2D eigenvalue weighted by molar-refractivity contribution is -0.122. The molecule has 13 heteroatoms. The Bertz CT molecular complexity index is 1460. The first kappa shape index (κ1) is 23.4. The maximum atomic E-state index is 14.1. The lowest BCUT2D eigenvalue weighted by Crippen LogP contribution is -2.30. The molecule has 0 aromatic carbocycles. The predicted molar refractivity (Wildman–Crippen MR) is 132 cm³/mol. The zero-order valence-electron chi connectivity index (χ0n) is 24.0. The number of nitrogens with zero attached hydrogens (tertiary/aromatic N) is 5. The number of primary amides is 1. The van der Waals surface area contributed by atoms with Gasteiger partial charge in [-0.3, -0.25) is 14.3 Å². The minimum atomic E-state index is -2.82. The number of nitrogens with two attached hydrogens (primary N) is 1. The van der Waals surface area contributed by atoms with Gasteiger partial charge >= 0.3 is 0 Å². The number of aromatic nitrogens is 5. The lowest BCUT2D eigenvalue weighted by Gasteiger charge is -2.32. The zero-order chi connectivity index (χ0) is 30.4. The van der Waals surface area contributed by atoms with Crippen LogP contribution in [-0.4, -0.2) is 48.5 Å². The van der Waals surface area contributed by atoms with Crippen molar-refractivity contribution in [2.24, 2.45) is 24.5 Å². The number of hydrogen-bond acceptors (Lipinski definition) is 5. The number of halogens is 4. The number of carbonyl (C=O) groups excluding carboxylic acids is 2. The van der Waals surface area contributed by atoms with Gasteiger partial charge in [0.1, 0.15) is 5.69 Å². The Morgan fingerprint density at radius 1 is 1.18 bits per heavy atom. The number of fused-ring (bicyclic) bond motifs is 1. The molecule has 9 nitrogen and oxygen atoms in total. The molecule has 210 valence electrons. The second-order valence-electron chi connectivity index (χ2n) is 10.5. The summed E-state index contributed by atoms with van der Waals surface area (Å²) in [5.41, 5.74) is 6.68. The van der Waals surface area contributed by atoms with Crippen LogP contribution in [0.5, 0.6) is 0 Å². The average Bonchev–Trinajstić information content (AvgIpc) is 3.49. The highest BCUT2D eigenvalue weighted by Crippen LogP contribution is 2.45. The molecule has 2 atom stereocenters. The van der Waals surface area contributed by atoms with Crippen molar-refractivity contribution < 1.29 is 31.3 Å². The average molecular weight is 553 g/mol. The molecule has 2 fully saturated rings. The summed E-state index contributed by atoms with van der Waals surface area (Å²) < 4.78 is 78.7. The van der Waals surface area contributed by atoms with E-state index in [1.54, 1.807) is 18.5 Å². The van der Waals surface area contributed by atoms with Crippen LogP contribution >= 0.6 is 0 Å². The van der Waals surface area contributed by atoms with Crippen molar-refractivity contribution >= 4 is 17.5 Å². The molecule has 3 heterocycles. The van der Waals surface area contributed by atoms with E-state index in [-0.39, 0.29) is 55.3 Å². The summed E-state index contributed by atoms with van der Waals surface area (Å²) in [5, 5.41) is 11.5. The van der Waals surface area contributed by atoms with Crippen molar-refractivity contribution in [3.8, 4) is 0 Å². The second-order valence-corrected chi connectivity index (χ2v) is 10.5. The molecule has 3 aromatic heterocycles. The number of nitrogens with one attached hydrogen (secondary N) is 1. The van der Waals surface area contributed by atoms with Gasteiger partial charge in [0.05, 0.1) is 29.8 Å². The molecule has 0 unspecified atom stereocenters. The summed E-state index contributed by atoms with van der Waals surface area (Å²) in [4.78, 5) is 29.1. The van der Waals surface area contributed by atoms with Gasteiger partial charge in [-0.15, -0.1) is 0 Å². The standard InChI is InChI=1S/C26H31F4N7O2/c1-36-19(25(31)39)11-17(35-36)23(14-6-8-26(29,30)9-7-14)18-13-37-21(33-18)10-16(12-32-37)24(15-2-3-15)34-22(38)5-4-20(27)28/h10-15,20,23-24H,2-9H2,1H3,(H2,31,39)(H,34,38)/t23-,24-/m1/s1/i1D3. The third-order valence-corrected chi connectivity index (χ3v) is 7.57. The molecule has 0 bridgehead atoms. The van der Waals surface area contributed by atoms with E-state index < -0.39 is 49.5 Å². The predicted octanol–water partition coefficient (Wildman–Crippen LogP) is 4.13. The quantitative estimate of drug-likeness (QED) is 0.367. The molecule has 0 aliphatic heterocycles. The van der Waals surface area contributed by atoms with Crippen LogP contribution in [-0.2, 0) is 11.8 Å². The van der Waals surface area contributed by atoms with Crippen molar-refractivity contribution in [1.82, 2.24) is 29.7 Å². The Kier molecular flexibility index (Phi) is 6.34. The fourth-order valence-electron chi connectivity index (χ4n) is 5.38. The topological polar surface area (TPSA) is 120 Å². The van der Waals surface area contributed by atoms with Gasteiger partial charge in [-0.2, -0.15) is 10.2 Å². The van der Waals surface area contributed by atoms with Gasteiger partial charge in [0.25, 0.3) is 5.91 Å². The summed E-state index contributed by atoms with van der Waals surface area (Å²) in [6.45, 7) is -2.81. The zero-order valence-corrected chi connectivity index (χ0v) is 21.0. The van der Waals surface area contributed by atoms with Crippen molar-refractivity contribution in [3.05, 3.63) is 47.2 Å². The molecule has 0 radical (unpaired) electrons. The normalized spacial score (nSPS) is 20.8. The number of carbonyl (C=O) groups is 2. The molecule has 0 spiro atoms. The first-order chi connectivity index (χ1) is 19.7. The SMILES string of the molecule is [2H]C([2H])([2H])n1nc([C@H](c2cn3ncc([C@H](NC(=O)CCC(F)F)C4CC4)cc3n2)C2CCC(F)(F)CC2)cc1C(N)=O. The summed E-state index contributed by atoms with van der Waals surface area (Å²) in [7, 11) is 0. The van der Waals surface area contributed by atoms with Gasteiger partial charge in [0.2, 0.25) is 18.3 Å². The molecule has 3 aromatic rings. The third kappa shape index (κ3) is 6.06. The Labute approximate surface area is 226 Å². The molecule has 39 heavy (non-hydrogen) atoms. The Morgan fingerprint density at radius 3 is 2.54 bits per heavy atom. The van der Waals surface area contributed by atoms with E-state index in [0.29, 0.717) is 21.6 Å². The fraction of sp³-hybridized carbons (Fsp3) is 0.577. The minimum Gasteiger partial charge on any atom is -0.364 e. The smallest absolute Gasteiger partial charge is 0.266 e. The van der Waals surface area contributed by atoms with Crippen molar-refractivity contribution in [1.29, 1.82) is 0 Å². The van der Waals surface area contributed by atoms with E-state index in [9.17, 15) is 27.2 Å². The van der Waals surface area contributed by atoms with E-state index in [4.69, 9.17) is 14.8 Å². The Balaban J connectivity index is 1.50. The van der Waals surface area contributed by atoms with Gasteiger partial charge in [0.15, 0.2) is 5.65 Å². The van der Waals surface area contributed by atoms with E-state index in [1.807, 2.05) is 0 Å². The fourth-order valence-corrected chi connectivity index (χ4v) is 5.38. The lowest BCUT2D eigenvalue weighted by atomic mass is 9.76. The van der Waals surface area contributed by atoms with E-state index in [0.717, 1.165) is 12.8 Å². The van der Waals surface area contributed by atoms with Crippen LogP contribution in [0.25, 0.3) is 5.65 Å². The number of amides is 2. The number of aryl methyl sites for hydroxylation is 1. The number of imidazole rings is 1. The van der Waals surface area contributed by atoms with Crippen LogP contribution in [0.1, 0.15) is 94.9 Å². The van der Waals surface area contributed by atoms with E-state index in [2.05, 4.69) is 15.5 Å². The Morgan fingerprint density at radius 2 is 1.92 bits per heavy atom. The highest BCUT2D eigenvalue weighted by molar-refractivity contribution is 5.91. The van der Waals surface area contributed by atoms with Gasteiger partial charge in [-0.1, -0.05) is 0 Å². The molecular weight excluding hydrogens is 518 g/mol. The molecule has 2 aliphatic carbocycles. The maximum absolute atomic E-state index is 14.1. The van der Waals surface area contributed by atoms with E-state index in [1.165, 1.54) is 10.6 Å². The number of hydrogen-bond donors (Lipinski definition) is 2. The summed E-state index contributed by atoms with van der Waals surface area (Å²) in [6.07, 6.45) is 0.960. The summed E-state index contributed by atoms with van der Waals surface area (Å²) in [6, 6.07) is 2.55. The van der Waals surface area contributed by atoms with Crippen LogP contribution in [0.15, 0.2) is 24.5 Å². The molecular formula is C26H31F4N7O2. The molecule has 2 amide bonds. The molecule has 0 saturated heterocycles. The monoisotopic (exact) mass is 552 g/mol. The molecule has 5 rings (SSSR count). The molecule has 3 N–H and O–H groups in total. The van der Waals surface area contributed by atoms with Gasteiger partial charge in [0, 0.05) is 42.7 Å². The highest BCUT2D eigenvalue weighted by atomic mass is 19.3. The van der Waals surface area contributed by atoms with Gasteiger partial charge < -0.3 is 11.1 Å². The van der Waals surface area contributed by atoms with Crippen LogP contribution in [0.3, 0.4) is 0 Å². The summed E-state index contributed by atoms with van der Waals surface area (Å²) >= 11 is 0. The van der Waals surface area contributed by atoms with Gasteiger partial charge in [-0.25, -0.2) is 27.1 Å². The number of alkyl halides is 4. The molecule has 2 saturated carbocycles. The first-order valence-electron chi connectivity index (χ1n) is 14.4. The van der Waals surface area contributed by atoms with E-state index >= 15 is 0 Å². The maximum Gasteiger partial charge on any atom is 0.266 e.